The van der Waals surface area contributed by atoms with Crippen LogP contribution in [0.5, 0.6) is 5.75 Å². The number of ether oxygens (including phenoxy) is 1. The fourth-order valence-electron chi connectivity index (χ4n) is 3.37. The summed E-state index contributed by atoms with van der Waals surface area (Å²) in [5.41, 5.74) is 5.86. The van der Waals surface area contributed by atoms with Crippen molar-refractivity contribution in [1.29, 1.82) is 0 Å². The summed E-state index contributed by atoms with van der Waals surface area (Å²) in [6, 6.07) is 5.73. The zero-order chi connectivity index (χ0) is 21.8. The van der Waals surface area contributed by atoms with E-state index in [0.717, 1.165) is 0 Å². The highest BCUT2D eigenvalue weighted by molar-refractivity contribution is 6.03. The Kier molecular flexibility index (Phi) is 6.28. The second-order valence-electron chi connectivity index (χ2n) is 6.89. The molecule has 9 nitrogen and oxygen atoms in total. The molecule has 3 rings (SSSR count). The van der Waals surface area contributed by atoms with E-state index in [1.165, 1.54) is 23.1 Å². The molecule has 1 aromatic carbocycles. The first-order valence-corrected chi connectivity index (χ1v) is 9.26. The highest BCUT2D eigenvalue weighted by atomic mass is 19.3. The van der Waals surface area contributed by atoms with E-state index in [1.54, 1.807) is 13.0 Å². The topological polar surface area (TPSA) is 130 Å². The normalized spacial score (nSPS) is 16.4. The molecule has 1 unspecified atom stereocenters. The van der Waals surface area contributed by atoms with Crippen LogP contribution in [0.25, 0.3) is 0 Å². The maximum Gasteiger partial charge on any atom is 0.387 e. The van der Waals surface area contributed by atoms with Gasteiger partial charge in [0, 0.05) is 13.1 Å². The fraction of sp³-hybridized carbons (Fsp3) is 0.368. The number of benzene rings is 1. The average Bonchev–Trinajstić information content (AvgIpc) is 3.08. The Hall–Kier alpha value is -3.50. The molecule has 30 heavy (non-hydrogen) atoms. The third-order valence-corrected chi connectivity index (χ3v) is 4.84. The van der Waals surface area contributed by atoms with E-state index in [2.05, 4.69) is 20.3 Å². The summed E-state index contributed by atoms with van der Waals surface area (Å²) >= 11 is 0. The largest absolute Gasteiger partial charge is 0.434 e. The number of hydrogen-bond acceptors (Lipinski definition) is 5. The number of hydrogen-bond donors (Lipinski definition) is 3. The van der Waals surface area contributed by atoms with Crippen molar-refractivity contribution < 1.29 is 27.9 Å². The lowest BCUT2D eigenvalue weighted by Crippen LogP contribution is -2.44. The first-order valence-electron chi connectivity index (χ1n) is 9.26. The summed E-state index contributed by atoms with van der Waals surface area (Å²) in [6.45, 7) is -0.957. The van der Waals surface area contributed by atoms with Gasteiger partial charge in [0.2, 0.25) is 5.91 Å². The number of anilines is 1. The van der Waals surface area contributed by atoms with Crippen LogP contribution >= 0.6 is 0 Å². The molecule has 1 fully saturated rings. The summed E-state index contributed by atoms with van der Waals surface area (Å²) in [6.07, 6.45) is 1.07. The van der Waals surface area contributed by atoms with Gasteiger partial charge in [-0.3, -0.25) is 19.5 Å². The highest BCUT2D eigenvalue weighted by Gasteiger charge is 2.31. The molecule has 1 aromatic heterocycles. The number of amides is 3. The molecule has 0 bridgehead atoms. The van der Waals surface area contributed by atoms with Gasteiger partial charge < -0.3 is 20.7 Å². The number of aromatic nitrogens is 2. The van der Waals surface area contributed by atoms with Crippen LogP contribution in [0.2, 0.25) is 0 Å². The van der Waals surface area contributed by atoms with Gasteiger partial charge in [-0.25, -0.2) is 0 Å². The van der Waals surface area contributed by atoms with Crippen LogP contribution in [0.1, 0.15) is 39.4 Å². The van der Waals surface area contributed by atoms with Crippen molar-refractivity contribution in [2.45, 2.75) is 26.4 Å². The molecular weight excluding hydrogens is 400 g/mol. The molecule has 160 valence electrons. The molecule has 1 atom stereocenters. The summed E-state index contributed by atoms with van der Waals surface area (Å²) in [5, 5.41) is 9.02. The van der Waals surface area contributed by atoms with Crippen LogP contribution in [-0.2, 0) is 4.79 Å². The van der Waals surface area contributed by atoms with E-state index in [4.69, 9.17) is 5.73 Å². The van der Waals surface area contributed by atoms with E-state index in [0.29, 0.717) is 25.1 Å². The minimum absolute atomic E-state index is 0.000511. The Morgan fingerprint density at radius 2 is 2.07 bits per heavy atom. The number of H-pyrrole nitrogens is 1. The summed E-state index contributed by atoms with van der Waals surface area (Å²) in [4.78, 5) is 38.5. The predicted octanol–water partition coefficient (Wildman–Crippen LogP) is 1.91. The number of alkyl halides is 2. The Bertz CT molecular complexity index is 962. The van der Waals surface area contributed by atoms with Crippen LogP contribution < -0.4 is 15.8 Å². The molecule has 2 heterocycles. The molecule has 0 spiro atoms. The lowest BCUT2D eigenvalue weighted by atomic mass is 9.96. The van der Waals surface area contributed by atoms with Gasteiger partial charge in [0.25, 0.3) is 11.8 Å². The number of aryl methyl sites for hydroxylation is 1. The van der Waals surface area contributed by atoms with Gasteiger partial charge >= 0.3 is 6.61 Å². The van der Waals surface area contributed by atoms with E-state index in [1.807, 2.05) is 0 Å². The van der Waals surface area contributed by atoms with Gasteiger partial charge in [-0.05, 0) is 31.9 Å². The monoisotopic (exact) mass is 421 g/mol. The van der Waals surface area contributed by atoms with Gasteiger partial charge in [-0.1, -0.05) is 12.1 Å². The van der Waals surface area contributed by atoms with E-state index >= 15 is 0 Å². The quantitative estimate of drug-likeness (QED) is 0.656. The third kappa shape index (κ3) is 4.56. The van der Waals surface area contributed by atoms with Crippen LogP contribution in [0.3, 0.4) is 0 Å². The van der Waals surface area contributed by atoms with Crippen LogP contribution in [-0.4, -0.2) is 52.5 Å². The third-order valence-electron chi connectivity index (χ3n) is 4.84. The van der Waals surface area contributed by atoms with Crippen LogP contribution in [0.4, 0.5) is 14.5 Å². The smallest absolute Gasteiger partial charge is 0.387 e. The number of halogens is 2. The lowest BCUT2D eigenvalue weighted by Gasteiger charge is -2.32. The van der Waals surface area contributed by atoms with E-state index in [-0.39, 0.29) is 29.2 Å². The van der Waals surface area contributed by atoms with Gasteiger partial charge in [0.15, 0.2) is 5.69 Å². The zero-order valence-corrected chi connectivity index (χ0v) is 16.2. The second kappa shape index (κ2) is 8.89. The number of nitrogens with one attached hydrogen (secondary N) is 2. The van der Waals surface area contributed by atoms with Crippen molar-refractivity contribution in [2.24, 2.45) is 11.7 Å². The number of carbonyl (C=O) groups excluding carboxylic acids is 3. The molecule has 1 saturated heterocycles. The summed E-state index contributed by atoms with van der Waals surface area (Å²) in [5.74, 6) is -2.45. The molecule has 3 amide bonds. The number of para-hydroxylation sites is 1. The van der Waals surface area contributed by atoms with Gasteiger partial charge in [-0.2, -0.15) is 13.9 Å². The minimum atomic E-state index is -3.06. The molecule has 1 aliphatic heterocycles. The molecule has 0 radical (unpaired) electrons. The summed E-state index contributed by atoms with van der Waals surface area (Å²) < 4.78 is 29.7. The van der Waals surface area contributed by atoms with Gasteiger partial charge in [-0.15, -0.1) is 0 Å². The van der Waals surface area contributed by atoms with Gasteiger partial charge in [0.05, 0.1) is 22.9 Å². The predicted molar refractivity (Wildman–Crippen MR) is 102 cm³/mol. The van der Waals surface area contributed by atoms with Crippen LogP contribution in [0.15, 0.2) is 24.3 Å². The van der Waals surface area contributed by atoms with E-state index in [9.17, 15) is 23.2 Å². The number of nitrogens with two attached hydrogens (primary N) is 1. The Balaban J connectivity index is 1.73. The first kappa shape index (κ1) is 21.2. The number of likely N-dealkylation sites (tertiary alicyclic amines) is 1. The standard InChI is InChI=1S/C19H21F2N5O4/c1-10-14(15(16(22)27)25-24-10)23-17(28)11-5-4-8-26(9-11)18(29)12-6-2-3-7-13(12)30-19(20)21/h2-3,6-7,11,19H,4-5,8-9H2,1H3,(H2,22,27)(H,23,28)(H,24,25). The zero-order valence-electron chi connectivity index (χ0n) is 16.2. The average molecular weight is 421 g/mol. The molecule has 11 heteroatoms. The minimum Gasteiger partial charge on any atom is -0.434 e. The Morgan fingerprint density at radius 1 is 1.33 bits per heavy atom. The Labute approximate surface area is 170 Å². The first-order chi connectivity index (χ1) is 14.3. The maximum absolute atomic E-state index is 12.9. The number of nitrogens with zero attached hydrogens (tertiary/aromatic N) is 2. The fourth-order valence-corrected chi connectivity index (χ4v) is 3.37. The number of piperidine rings is 1. The number of carbonyl (C=O) groups is 3. The highest BCUT2D eigenvalue weighted by Crippen LogP contribution is 2.26. The Morgan fingerprint density at radius 3 is 2.77 bits per heavy atom. The van der Waals surface area contributed by atoms with Crippen LogP contribution in [0, 0.1) is 12.8 Å². The number of aromatic amines is 1. The lowest BCUT2D eigenvalue weighted by molar-refractivity contribution is -0.121. The molecule has 1 aliphatic rings. The van der Waals surface area contributed by atoms with Crippen molar-refractivity contribution in [3.8, 4) is 5.75 Å². The van der Waals surface area contributed by atoms with Crippen molar-refractivity contribution in [2.75, 3.05) is 18.4 Å². The molecule has 4 N–H and O–H groups in total. The molecular formula is C19H21F2N5O4. The van der Waals surface area contributed by atoms with Crippen molar-refractivity contribution >= 4 is 23.4 Å². The molecule has 2 aromatic rings. The molecule has 0 aliphatic carbocycles. The van der Waals surface area contributed by atoms with Crippen molar-refractivity contribution in [3.63, 3.8) is 0 Å². The number of primary amides is 1. The van der Waals surface area contributed by atoms with Crippen molar-refractivity contribution in [1.82, 2.24) is 15.1 Å². The molecule has 0 saturated carbocycles. The number of rotatable bonds is 6. The van der Waals surface area contributed by atoms with Crippen molar-refractivity contribution in [3.05, 3.63) is 41.2 Å². The summed E-state index contributed by atoms with van der Waals surface area (Å²) in [7, 11) is 0. The second-order valence-corrected chi connectivity index (χ2v) is 6.89. The van der Waals surface area contributed by atoms with Gasteiger partial charge in [0.1, 0.15) is 5.75 Å². The SMILES string of the molecule is Cc1[nH]nc(C(N)=O)c1NC(=O)C1CCCN(C(=O)c2ccccc2OC(F)F)C1. The van der Waals surface area contributed by atoms with E-state index < -0.39 is 30.3 Å². The maximum atomic E-state index is 12.9.